The summed E-state index contributed by atoms with van der Waals surface area (Å²) in [4.78, 5) is 25.5. The van der Waals surface area contributed by atoms with Crippen LogP contribution in [0.2, 0.25) is 0 Å². The van der Waals surface area contributed by atoms with Crippen LogP contribution in [0.3, 0.4) is 0 Å². The van der Waals surface area contributed by atoms with E-state index in [1.165, 1.54) is 6.92 Å². The van der Waals surface area contributed by atoms with Crippen LogP contribution in [0.1, 0.15) is 45.4 Å². The monoisotopic (exact) mass is 432 g/mol. The lowest BCUT2D eigenvalue weighted by molar-refractivity contribution is -0.159. The molecule has 0 aliphatic heterocycles. The molecule has 0 radical (unpaired) electrons. The van der Waals surface area contributed by atoms with Gasteiger partial charge in [-0.25, -0.2) is 21.9 Å². The molecule has 7 nitrogen and oxygen atoms in total. The molecule has 1 aliphatic carbocycles. The van der Waals surface area contributed by atoms with Crippen molar-refractivity contribution in [3.05, 3.63) is 29.8 Å². The molecule has 0 spiro atoms. The zero-order valence-corrected chi connectivity index (χ0v) is 17.3. The lowest BCUT2D eigenvalue weighted by Crippen LogP contribution is -2.44. The van der Waals surface area contributed by atoms with E-state index in [0.717, 1.165) is 38.2 Å². The molecule has 0 saturated heterocycles. The van der Waals surface area contributed by atoms with Crippen molar-refractivity contribution >= 4 is 21.9 Å². The highest BCUT2D eigenvalue weighted by Gasteiger charge is 2.27. The number of hydrogen-bond donors (Lipinski definition) is 1. The first-order valence-electron chi connectivity index (χ1n) is 9.52. The Bertz CT molecular complexity index is 841. The summed E-state index contributed by atoms with van der Waals surface area (Å²) in [5.41, 5.74) is 0. The van der Waals surface area contributed by atoms with Crippen LogP contribution in [-0.4, -0.2) is 50.9 Å². The molecule has 0 heterocycles. The number of rotatable bonds is 8. The van der Waals surface area contributed by atoms with E-state index < -0.39 is 38.6 Å². The standard InChI is InChI=1S/C19H26F2N2O5S/c1-13(19(25)23(2)14-6-4-3-5-7-14)28-18(24)10-11-22-29(26,27)15-8-9-16(20)17(21)12-15/h8-9,12-14,22H,3-7,10-11H2,1-2H3/t13-/m1/s1. The number of sulfonamides is 1. The van der Waals surface area contributed by atoms with Crippen molar-refractivity contribution in [2.75, 3.05) is 13.6 Å². The maximum atomic E-state index is 13.2. The van der Waals surface area contributed by atoms with E-state index in [4.69, 9.17) is 4.74 Å². The van der Waals surface area contributed by atoms with Gasteiger partial charge in [0.2, 0.25) is 10.0 Å². The van der Waals surface area contributed by atoms with Gasteiger partial charge in [-0.3, -0.25) is 9.59 Å². The SMILES string of the molecule is C[C@@H](OC(=O)CCNS(=O)(=O)c1ccc(F)c(F)c1)C(=O)N(C)C1CCCCC1. The number of likely N-dealkylation sites (N-methyl/N-ethyl adjacent to an activating group) is 1. The molecular weight excluding hydrogens is 406 g/mol. The van der Waals surface area contributed by atoms with Gasteiger partial charge in [-0.2, -0.15) is 0 Å². The van der Waals surface area contributed by atoms with Gasteiger partial charge < -0.3 is 9.64 Å². The molecule has 2 rings (SSSR count). The van der Waals surface area contributed by atoms with Gasteiger partial charge in [0.25, 0.3) is 5.91 Å². The van der Waals surface area contributed by atoms with E-state index in [9.17, 15) is 26.8 Å². The Hall–Kier alpha value is -2.07. The quantitative estimate of drug-likeness (QED) is 0.637. The minimum atomic E-state index is -4.11. The van der Waals surface area contributed by atoms with E-state index in [1.54, 1.807) is 11.9 Å². The summed E-state index contributed by atoms with van der Waals surface area (Å²) < 4.78 is 57.5. The van der Waals surface area contributed by atoms with Gasteiger partial charge in [-0.15, -0.1) is 0 Å². The van der Waals surface area contributed by atoms with Crippen molar-refractivity contribution in [2.45, 2.75) is 62.5 Å². The van der Waals surface area contributed by atoms with Gasteiger partial charge >= 0.3 is 5.97 Å². The van der Waals surface area contributed by atoms with E-state index in [2.05, 4.69) is 4.72 Å². The van der Waals surface area contributed by atoms with Gasteiger partial charge in [-0.1, -0.05) is 19.3 Å². The Labute approximate surface area is 169 Å². The molecule has 1 aromatic rings. The summed E-state index contributed by atoms with van der Waals surface area (Å²) in [6, 6.07) is 2.31. The third-order valence-corrected chi connectivity index (χ3v) is 6.41. The number of halogens is 2. The van der Waals surface area contributed by atoms with Crippen LogP contribution < -0.4 is 4.72 Å². The average Bonchev–Trinajstić information content (AvgIpc) is 2.69. The minimum absolute atomic E-state index is 0.139. The third kappa shape index (κ3) is 6.46. The molecular formula is C19H26F2N2O5S. The fourth-order valence-electron chi connectivity index (χ4n) is 3.26. The van der Waals surface area contributed by atoms with Crippen molar-refractivity contribution in [1.29, 1.82) is 0 Å². The highest BCUT2D eigenvalue weighted by atomic mass is 32.2. The van der Waals surface area contributed by atoms with Gasteiger partial charge in [0.1, 0.15) is 0 Å². The van der Waals surface area contributed by atoms with Crippen molar-refractivity contribution in [2.24, 2.45) is 0 Å². The van der Waals surface area contributed by atoms with E-state index >= 15 is 0 Å². The molecule has 1 fully saturated rings. The fraction of sp³-hybridized carbons (Fsp3) is 0.579. The van der Waals surface area contributed by atoms with Crippen LogP contribution in [0.4, 0.5) is 8.78 Å². The van der Waals surface area contributed by atoms with Crippen molar-refractivity contribution in [1.82, 2.24) is 9.62 Å². The van der Waals surface area contributed by atoms with Crippen LogP contribution in [0.15, 0.2) is 23.1 Å². The zero-order valence-electron chi connectivity index (χ0n) is 16.5. The normalized spacial score (nSPS) is 16.3. The van der Waals surface area contributed by atoms with Gasteiger partial charge in [0.05, 0.1) is 11.3 Å². The van der Waals surface area contributed by atoms with Crippen molar-refractivity contribution in [3.63, 3.8) is 0 Å². The number of esters is 1. The van der Waals surface area contributed by atoms with Crippen LogP contribution >= 0.6 is 0 Å². The number of nitrogens with zero attached hydrogens (tertiary/aromatic N) is 1. The summed E-state index contributed by atoms with van der Waals surface area (Å²) in [6.45, 7) is 1.17. The fourth-order valence-corrected chi connectivity index (χ4v) is 4.30. The second kappa shape index (κ2) is 10.1. The number of amides is 1. The summed E-state index contributed by atoms with van der Waals surface area (Å²) >= 11 is 0. The van der Waals surface area contributed by atoms with Crippen LogP contribution in [0.5, 0.6) is 0 Å². The first-order chi connectivity index (χ1) is 13.6. The maximum absolute atomic E-state index is 13.2. The lowest BCUT2D eigenvalue weighted by atomic mass is 9.94. The van der Waals surface area contributed by atoms with Gasteiger partial charge in [-0.05, 0) is 38.0 Å². The summed E-state index contributed by atoms with van der Waals surface area (Å²) in [7, 11) is -2.41. The predicted molar refractivity (Wildman–Crippen MR) is 101 cm³/mol. The predicted octanol–water partition coefficient (Wildman–Crippen LogP) is 2.36. The molecule has 0 bridgehead atoms. The summed E-state index contributed by atoms with van der Waals surface area (Å²) in [6.07, 6.45) is 3.85. The smallest absolute Gasteiger partial charge is 0.307 e. The van der Waals surface area contributed by atoms with Gasteiger partial charge in [0, 0.05) is 19.6 Å². The maximum Gasteiger partial charge on any atom is 0.307 e. The first kappa shape index (κ1) is 23.2. The molecule has 1 atom stereocenters. The molecule has 1 saturated carbocycles. The second-order valence-corrected chi connectivity index (χ2v) is 8.86. The van der Waals surface area contributed by atoms with E-state index in [0.29, 0.717) is 12.1 Å². The Morgan fingerprint density at radius 3 is 2.48 bits per heavy atom. The molecule has 1 N–H and O–H groups in total. The molecule has 1 aliphatic rings. The summed E-state index contributed by atoms with van der Waals surface area (Å²) in [5, 5.41) is 0. The van der Waals surface area contributed by atoms with Crippen molar-refractivity contribution < 1.29 is 31.5 Å². The number of ether oxygens (including phenoxy) is 1. The molecule has 162 valence electrons. The molecule has 1 aromatic carbocycles. The van der Waals surface area contributed by atoms with E-state index in [-0.39, 0.29) is 24.9 Å². The number of nitrogens with one attached hydrogen (secondary N) is 1. The van der Waals surface area contributed by atoms with E-state index in [1.807, 2.05) is 0 Å². The molecule has 29 heavy (non-hydrogen) atoms. The average molecular weight is 432 g/mol. The number of carbonyl (C=O) groups is 2. The Morgan fingerprint density at radius 2 is 1.86 bits per heavy atom. The Kier molecular flexibility index (Phi) is 8.09. The van der Waals surface area contributed by atoms with Crippen LogP contribution in [0, 0.1) is 11.6 Å². The zero-order chi connectivity index (χ0) is 21.6. The number of carbonyl (C=O) groups excluding carboxylic acids is 2. The highest BCUT2D eigenvalue weighted by molar-refractivity contribution is 7.89. The molecule has 10 heteroatoms. The van der Waals surface area contributed by atoms with Crippen molar-refractivity contribution in [3.8, 4) is 0 Å². The first-order valence-corrected chi connectivity index (χ1v) is 11.0. The minimum Gasteiger partial charge on any atom is -0.452 e. The number of hydrogen-bond acceptors (Lipinski definition) is 5. The van der Waals surface area contributed by atoms with Crippen LogP contribution in [-0.2, 0) is 24.3 Å². The molecule has 1 amide bonds. The molecule has 0 aromatic heterocycles. The van der Waals surface area contributed by atoms with Crippen LogP contribution in [0.25, 0.3) is 0 Å². The third-order valence-electron chi connectivity index (χ3n) is 4.95. The Morgan fingerprint density at radius 1 is 1.21 bits per heavy atom. The highest BCUT2D eigenvalue weighted by Crippen LogP contribution is 2.22. The lowest BCUT2D eigenvalue weighted by Gasteiger charge is -2.32. The second-order valence-electron chi connectivity index (χ2n) is 7.10. The Balaban J connectivity index is 1.81. The van der Waals surface area contributed by atoms with Gasteiger partial charge in [0.15, 0.2) is 17.7 Å². The number of benzene rings is 1. The summed E-state index contributed by atoms with van der Waals surface area (Å²) in [5.74, 6) is -3.49. The largest absolute Gasteiger partial charge is 0.452 e. The molecule has 0 unspecified atom stereocenters. The topological polar surface area (TPSA) is 92.8 Å².